The molecule has 0 atom stereocenters. The third-order valence-corrected chi connectivity index (χ3v) is 5.36. The number of nitrogens with one attached hydrogen (secondary N) is 3. The Labute approximate surface area is 196 Å². The fraction of sp³-hybridized carbons (Fsp3) is 0.200. The first-order chi connectivity index (χ1) is 16.6. The molecule has 0 radical (unpaired) electrons. The first-order valence-electron chi connectivity index (χ1n) is 11.0. The molecule has 2 heterocycles. The summed E-state index contributed by atoms with van der Waals surface area (Å²) in [4.78, 5) is 21.4. The minimum atomic E-state index is -0.298. The lowest BCUT2D eigenvalue weighted by atomic mass is 10.2. The summed E-state index contributed by atoms with van der Waals surface area (Å²) in [5.74, 6) is 2.81. The van der Waals surface area contributed by atoms with E-state index in [-0.39, 0.29) is 11.6 Å². The molecule has 1 amide bonds. The van der Waals surface area contributed by atoms with E-state index in [0.29, 0.717) is 23.4 Å². The number of aryl methyl sites for hydroxylation is 1. The summed E-state index contributed by atoms with van der Waals surface area (Å²) in [6.45, 7) is 1.91. The lowest BCUT2D eigenvalue weighted by Gasteiger charge is -2.11. The van der Waals surface area contributed by atoms with E-state index in [0.717, 1.165) is 41.4 Å². The van der Waals surface area contributed by atoms with Crippen LogP contribution < -0.4 is 20.7 Å². The van der Waals surface area contributed by atoms with E-state index < -0.39 is 0 Å². The van der Waals surface area contributed by atoms with Crippen LogP contribution in [0.15, 0.2) is 65.2 Å². The molecule has 4 aromatic rings. The van der Waals surface area contributed by atoms with Gasteiger partial charge in [0.15, 0.2) is 5.69 Å². The van der Waals surface area contributed by atoms with Gasteiger partial charge in [-0.1, -0.05) is 5.16 Å². The molecule has 0 aliphatic heterocycles. The molecule has 5 rings (SSSR count). The van der Waals surface area contributed by atoms with Crippen LogP contribution in [0.4, 0.5) is 28.8 Å². The molecular formula is C25H24N6O3. The summed E-state index contributed by atoms with van der Waals surface area (Å²) in [5, 5.41) is 13.2. The van der Waals surface area contributed by atoms with Crippen LogP contribution in [0.3, 0.4) is 0 Å². The Balaban J connectivity index is 1.22. The van der Waals surface area contributed by atoms with Crippen LogP contribution in [0.25, 0.3) is 0 Å². The second kappa shape index (κ2) is 9.22. The predicted octanol–water partition coefficient (Wildman–Crippen LogP) is 5.40. The number of hydrogen-bond donors (Lipinski definition) is 3. The molecular weight excluding hydrogens is 432 g/mol. The number of aromatic nitrogens is 3. The molecule has 0 unspecified atom stereocenters. The van der Waals surface area contributed by atoms with E-state index >= 15 is 0 Å². The van der Waals surface area contributed by atoms with Crippen molar-refractivity contribution in [2.24, 2.45) is 0 Å². The van der Waals surface area contributed by atoms with Gasteiger partial charge in [-0.25, -0.2) is 4.98 Å². The summed E-state index contributed by atoms with van der Waals surface area (Å²) >= 11 is 0. The monoisotopic (exact) mass is 456 g/mol. The molecule has 9 nitrogen and oxygen atoms in total. The highest BCUT2D eigenvalue weighted by atomic mass is 16.5. The SMILES string of the molecule is COc1ccc(Nc2cc(C)nc(Nc3ccc(NC(=O)c4cc(C5CC5)on4)cc3)n2)cc1. The quantitative estimate of drug-likeness (QED) is 0.323. The molecule has 1 aliphatic rings. The number of rotatable bonds is 8. The highest BCUT2D eigenvalue weighted by Gasteiger charge is 2.28. The Hall–Kier alpha value is -4.40. The van der Waals surface area contributed by atoms with Crippen molar-refractivity contribution in [1.29, 1.82) is 0 Å². The summed E-state index contributed by atoms with van der Waals surface area (Å²) in [6.07, 6.45) is 2.18. The maximum atomic E-state index is 12.4. The van der Waals surface area contributed by atoms with Crippen LogP contribution >= 0.6 is 0 Å². The molecule has 1 fully saturated rings. The number of ether oxygens (including phenoxy) is 1. The molecule has 2 aromatic carbocycles. The lowest BCUT2D eigenvalue weighted by molar-refractivity contribution is 0.101. The van der Waals surface area contributed by atoms with Gasteiger partial charge >= 0.3 is 0 Å². The second-order valence-corrected chi connectivity index (χ2v) is 8.12. The van der Waals surface area contributed by atoms with Crippen molar-refractivity contribution in [3.8, 4) is 5.75 Å². The van der Waals surface area contributed by atoms with Gasteiger partial charge in [0.2, 0.25) is 5.95 Å². The highest BCUT2D eigenvalue weighted by molar-refractivity contribution is 6.02. The number of nitrogens with zero attached hydrogens (tertiary/aromatic N) is 3. The van der Waals surface area contributed by atoms with Gasteiger partial charge in [0.05, 0.1) is 7.11 Å². The third-order valence-electron chi connectivity index (χ3n) is 5.36. The maximum Gasteiger partial charge on any atom is 0.277 e. The zero-order valence-corrected chi connectivity index (χ0v) is 18.8. The normalized spacial score (nSPS) is 12.8. The Kier molecular flexibility index (Phi) is 5.82. The van der Waals surface area contributed by atoms with Gasteiger partial charge in [0.1, 0.15) is 17.3 Å². The van der Waals surface area contributed by atoms with Crippen LogP contribution in [0, 0.1) is 6.92 Å². The van der Waals surface area contributed by atoms with E-state index in [4.69, 9.17) is 9.26 Å². The minimum absolute atomic E-state index is 0.286. The van der Waals surface area contributed by atoms with Crippen molar-refractivity contribution in [3.05, 3.63) is 77.8 Å². The number of carbonyl (C=O) groups excluding carboxylic acids is 1. The zero-order valence-electron chi connectivity index (χ0n) is 18.8. The standard InChI is InChI=1S/C25H24N6O3/c1-15-13-23(27-17-9-11-20(33-2)12-10-17)30-25(26-15)29-19-7-5-18(6-8-19)28-24(32)21-14-22(34-31-21)16-3-4-16/h5-14,16H,3-4H2,1-2H3,(H,28,32)(H2,26,27,29,30). The van der Waals surface area contributed by atoms with Crippen molar-refractivity contribution in [1.82, 2.24) is 15.1 Å². The molecule has 0 bridgehead atoms. The largest absolute Gasteiger partial charge is 0.497 e. The minimum Gasteiger partial charge on any atom is -0.497 e. The fourth-order valence-corrected chi connectivity index (χ4v) is 3.43. The van der Waals surface area contributed by atoms with E-state index in [1.165, 1.54) is 0 Å². The zero-order chi connectivity index (χ0) is 23.5. The van der Waals surface area contributed by atoms with Crippen molar-refractivity contribution >= 4 is 34.7 Å². The van der Waals surface area contributed by atoms with Crippen LogP contribution in [-0.4, -0.2) is 28.1 Å². The van der Waals surface area contributed by atoms with Crippen LogP contribution in [-0.2, 0) is 0 Å². The van der Waals surface area contributed by atoms with Crippen molar-refractivity contribution in [2.75, 3.05) is 23.1 Å². The van der Waals surface area contributed by atoms with Gasteiger partial charge < -0.3 is 25.2 Å². The number of anilines is 5. The van der Waals surface area contributed by atoms with Crippen molar-refractivity contribution in [3.63, 3.8) is 0 Å². The van der Waals surface area contributed by atoms with Gasteiger partial charge in [-0.2, -0.15) is 4.98 Å². The number of hydrogen-bond acceptors (Lipinski definition) is 8. The first kappa shape index (κ1) is 21.4. The maximum absolute atomic E-state index is 12.4. The Morgan fingerprint density at radius 1 is 0.941 bits per heavy atom. The molecule has 172 valence electrons. The van der Waals surface area contributed by atoms with Crippen LogP contribution in [0.2, 0.25) is 0 Å². The van der Waals surface area contributed by atoms with E-state index in [9.17, 15) is 4.79 Å². The van der Waals surface area contributed by atoms with E-state index in [2.05, 4.69) is 31.1 Å². The van der Waals surface area contributed by atoms with Crippen molar-refractivity contribution in [2.45, 2.75) is 25.7 Å². The van der Waals surface area contributed by atoms with Crippen LogP contribution in [0.5, 0.6) is 5.75 Å². The smallest absolute Gasteiger partial charge is 0.277 e. The summed E-state index contributed by atoms with van der Waals surface area (Å²) in [6, 6.07) is 18.5. The highest BCUT2D eigenvalue weighted by Crippen LogP contribution is 2.40. The van der Waals surface area contributed by atoms with Gasteiger partial charge in [0.25, 0.3) is 5.91 Å². The van der Waals surface area contributed by atoms with E-state index in [1.807, 2.05) is 49.4 Å². The summed E-state index contributed by atoms with van der Waals surface area (Å²) in [7, 11) is 1.63. The number of carbonyl (C=O) groups is 1. The Morgan fingerprint density at radius 3 is 2.32 bits per heavy atom. The molecule has 1 aliphatic carbocycles. The van der Waals surface area contributed by atoms with Gasteiger partial charge in [-0.05, 0) is 68.3 Å². The predicted molar refractivity (Wildman–Crippen MR) is 129 cm³/mol. The van der Waals surface area contributed by atoms with E-state index in [1.54, 1.807) is 25.3 Å². The van der Waals surface area contributed by atoms with Gasteiger partial charge in [-0.15, -0.1) is 0 Å². The molecule has 0 spiro atoms. The number of methoxy groups -OCH3 is 1. The molecule has 34 heavy (non-hydrogen) atoms. The van der Waals surface area contributed by atoms with Gasteiger partial charge in [-0.3, -0.25) is 4.79 Å². The first-order valence-corrected chi connectivity index (χ1v) is 11.0. The molecule has 1 saturated carbocycles. The summed E-state index contributed by atoms with van der Waals surface area (Å²) < 4.78 is 10.4. The molecule has 2 aromatic heterocycles. The number of amides is 1. The molecule has 0 saturated heterocycles. The third kappa shape index (κ3) is 5.15. The molecule has 9 heteroatoms. The second-order valence-electron chi connectivity index (χ2n) is 8.12. The Morgan fingerprint density at radius 2 is 1.62 bits per heavy atom. The molecule has 3 N–H and O–H groups in total. The fourth-order valence-electron chi connectivity index (χ4n) is 3.43. The topological polar surface area (TPSA) is 114 Å². The van der Waals surface area contributed by atoms with Crippen LogP contribution in [0.1, 0.15) is 40.7 Å². The van der Waals surface area contributed by atoms with Gasteiger partial charge in [0, 0.05) is 40.8 Å². The number of benzene rings is 2. The summed E-state index contributed by atoms with van der Waals surface area (Å²) in [5.41, 5.74) is 3.43. The average molecular weight is 457 g/mol. The lowest BCUT2D eigenvalue weighted by Crippen LogP contribution is -2.12. The average Bonchev–Trinajstić information content (AvgIpc) is 3.56. The van der Waals surface area contributed by atoms with Crippen molar-refractivity contribution < 1.29 is 14.1 Å². The Bertz CT molecular complexity index is 1300.